The summed E-state index contributed by atoms with van der Waals surface area (Å²) in [6, 6.07) is 9.27. The van der Waals surface area contributed by atoms with Crippen LogP contribution in [0.25, 0.3) is 11.1 Å². The zero-order valence-electron chi connectivity index (χ0n) is 10.5. The van der Waals surface area contributed by atoms with Crippen LogP contribution in [0.5, 0.6) is 0 Å². The molecule has 0 bridgehead atoms. The van der Waals surface area contributed by atoms with Gasteiger partial charge in [0.05, 0.1) is 12.1 Å². The summed E-state index contributed by atoms with van der Waals surface area (Å²) in [5, 5.41) is 10.6. The molecule has 0 amide bonds. The number of rotatable bonds is 2. The SMILES string of the molecule is O=c1oc2ccccc2n1Cc1cc(C#CCO)cs1. The number of aliphatic hydroxyl groups excluding tert-OH is 1. The van der Waals surface area contributed by atoms with Crippen LogP contribution in [0.2, 0.25) is 0 Å². The van der Waals surface area contributed by atoms with Crippen molar-refractivity contribution in [2.24, 2.45) is 0 Å². The first-order chi connectivity index (χ1) is 9.78. The molecule has 3 rings (SSSR count). The van der Waals surface area contributed by atoms with Crippen LogP contribution in [-0.4, -0.2) is 16.3 Å². The lowest BCUT2D eigenvalue weighted by atomic mass is 10.3. The van der Waals surface area contributed by atoms with Crippen LogP contribution in [0.1, 0.15) is 10.4 Å². The first-order valence-corrected chi connectivity index (χ1v) is 6.91. The molecule has 0 saturated carbocycles. The van der Waals surface area contributed by atoms with Crippen LogP contribution in [0.3, 0.4) is 0 Å². The standard InChI is InChI=1S/C15H11NO3S/c17-7-3-4-11-8-12(20-10-11)9-16-13-5-1-2-6-14(13)19-15(16)18/h1-2,5-6,8,10,17H,7,9H2. The maximum Gasteiger partial charge on any atom is 0.420 e. The first kappa shape index (κ1) is 12.7. The summed E-state index contributed by atoms with van der Waals surface area (Å²) in [6.45, 7) is 0.304. The van der Waals surface area contributed by atoms with Gasteiger partial charge in [0.1, 0.15) is 6.61 Å². The predicted octanol–water partition coefficient (Wildman–Crippen LogP) is 2.05. The van der Waals surface area contributed by atoms with Crippen molar-refractivity contribution in [3.8, 4) is 11.8 Å². The number of benzene rings is 1. The minimum Gasteiger partial charge on any atom is -0.408 e. The second kappa shape index (κ2) is 5.37. The summed E-state index contributed by atoms with van der Waals surface area (Å²) < 4.78 is 6.80. The number of aromatic nitrogens is 1. The lowest BCUT2D eigenvalue weighted by Crippen LogP contribution is -2.14. The van der Waals surface area contributed by atoms with Crippen molar-refractivity contribution in [2.75, 3.05) is 6.61 Å². The van der Waals surface area contributed by atoms with Crippen molar-refractivity contribution in [3.05, 3.63) is 56.7 Å². The van der Waals surface area contributed by atoms with Crippen LogP contribution in [0.4, 0.5) is 0 Å². The van der Waals surface area contributed by atoms with Gasteiger partial charge in [-0.2, -0.15) is 0 Å². The van der Waals surface area contributed by atoms with Gasteiger partial charge in [-0.3, -0.25) is 4.57 Å². The Morgan fingerprint density at radius 1 is 1.35 bits per heavy atom. The van der Waals surface area contributed by atoms with E-state index in [0.717, 1.165) is 16.0 Å². The van der Waals surface area contributed by atoms with Gasteiger partial charge in [-0.05, 0) is 18.2 Å². The van der Waals surface area contributed by atoms with E-state index < -0.39 is 0 Å². The van der Waals surface area contributed by atoms with Crippen molar-refractivity contribution in [2.45, 2.75) is 6.54 Å². The summed E-state index contributed by atoms with van der Waals surface area (Å²) in [5.41, 5.74) is 2.23. The first-order valence-electron chi connectivity index (χ1n) is 6.03. The molecule has 0 unspecified atom stereocenters. The third-order valence-electron chi connectivity index (χ3n) is 2.85. The highest BCUT2D eigenvalue weighted by Gasteiger charge is 2.09. The van der Waals surface area contributed by atoms with E-state index in [-0.39, 0.29) is 12.4 Å². The van der Waals surface area contributed by atoms with E-state index in [1.807, 2.05) is 29.6 Å². The lowest BCUT2D eigenvalue weighted by molar-refractivity contribution is 0.350. The van der Waals surface area contributed by atoms with E-state index in [0.29, 0.717) is 12.1 Å². The summed E-state index contributed by atoms with van der Waals surface area (Å²) in [4.78, 5) is 12.9. The molecule has 3 aromatic rings. The number of thiophene rings is 1. The van der Waals surface area contributed by atoms with Crippen LogP contribution in [0.15, 0.2) is 44.9 Å². The third kappa shape index (κ3) is 2.39. The molecule has 2 heterocycles. The predicted molar refractivity (Wildman–Crippen MR) is 77.9 cm³/mol. The minimum absolute atomic E-state index is 0.156. The average Bonchev–Trinajstić information content (AvgIpc) is 3.02. The van der Waals surface area contributed by atoms with Crippen LogP contribution < -0.4 is 5.76 Å². The van der Waals surface area contributed by atoms with Gasteiger partial charge in [-0.15, -0.1) is 11.3 Å². The van der Waals surface area contributed by atoms with Crippen LogP contribution in [-0.2, 0) is 6.54 Å². The van der Waals surface area contributed by atoms with Gasteiger partial charge < -0.3 is 9.52 Å². The molecule has 5 heteroatoms. The zero-order valence-corrected chi connectivity index (χ0v) is 11.3. The molecule has 2 aromatic heterocycles. The quantitative estimate of drug-likeness (QED) is 0.733. The maximum absolute atomic E-state index is 11.9. The molecule has 20 heavy (non-hydrogen) atoms. The fraction of sp³-hybridized carbons (Fsp3) is 0.133. The fourth-order valence-corrected chi connectivity index (χ4v) is 2.79. The van der Waals surface area contributed by atoms with Crippen LogP contribution in [0, 0.1) is 11.8 Å². The molecular weight excluding hydrogens is 274 g/mol. The molecule has 1 N–H and O–H groups in total. The number of fused-ring (bicyclic) bond motifs is 1. The third-order valence-corrected chi connectivity index (χ3v) is 3.77. The number of nitrogens with zero attached hydrogens (tertiary/aromatic N) is 1. The Morgan fingerprint density at radius 3 is 3.05 bits per heavy atom. The largest absolute Gasteiger partial charge is 0.420 e. The van der Waals surface area contributed by atoms with Crippen LogP contribution >= 0.6 is 11.3 Å². The lowest BCUT2D eigenvalue weighted by Gasteiger charge is -1.98. The highest BCUT2D eigenvalue weighted by atomic mass is 32.1. The Kier molecular flexibility index (Phi) is 3.42. The maximum atomic E-state index is 11.9. The average molecular weight is 285 g/mol. The number of hydrogen-bond donors (Lipinski definition) is 1. The summed E-state index contributed by atoms with van der Waals surface area (Å²) >= 11 is 1.53. The van der Waals surface area contributed by atoms with Crippen molar-refractivity contribution in [1.29, 1.82) is 0 Å². The topological polar surface area (TPSA) is 55.4 Å². The van der Waals surface area contributed by atoms with Gasteiger partial charge in [-0.25, -0.2) is 4.79 Å². The molecular formula is C15H11NO3S. The Hall–Kier alpha value is -2.29. The molecule has 0 aliphatic rings. The normalized spacial score (nSPS) is 10.4. The van der Waals surface area contributed by atoms with Gasteiger partial charge in [0.2, 0.25) is 0 Å². The molecule has 0 radical (unpaired) electrons. The monoisotopic (exact) mass is 285 g/mol. The van der Waals surface area contributed by atoms with Gasteiger partial charge in [0.15, 0.2) is 5.58 Å². The Balaban J connectivity index is 1.95. The summed E-state index contributed by atoms with van der Waals surface area (Å²) in [7, 11) is 0. The number of hydrogen-bond acceptors (Lipinski definition) is 4. The second-order valence-electron chi connectivity index (χ2n) is 4.18. The molecule has 100 valence electrons. The summed E-state index contributed by atoms with van der Waals surface area (Å²) in [5.74, 6) is 5.09. The van der Waals surface area contributed by atoms with E-state index in [4.69, 9.17) is 9.52 Å². The van der Waals surface area contributed by atoms with Crippen molar-refractivity contribution < 1.29 is 9.52 Å². The van der Waals surface area contributed by atoms with E-state index >= 15 is 0 Å². The highest BCUT2D eigenvalue weighted by molar-refractivity contribution is 7.10. The van der Waals surface area contributed by atoms with Gasteiger partial charge in [0.25, 0.3) is 0 Å². The molecule has 0 aliphatic carbocycles. The van der Waals surface area contributed by atoms with Crippen molar-refractivity contribution >= 4 is 22.4 Å². The van der Waals surface area contributed by atoms with E-state index in [9.17, 15) is 4.79 Å². The Labute approximate surface area is 118 Å². The molecule has 1 aromatic carbocycles. The molecule has 0 saturated heterocycles. The van der Waals surface area contributed by atoms with Gasteiger partial charge in [-0.1, -0.05) is 24.0 Å². The zero-order chi connectivity index (χ0) is 13.9. The number of oxazole rings is 1. The summed E-state index contributed by atoms with van der Waals surface area (Å²) in [6.07, 6.45) is 0. The highest BCUT2D eigenvalue weighted by Crippen LogP contribution is 2.18. The Morgan fingerprint density at radius 2 is 2.20 bits per heavy atom. The minimum atomic E-state index is -0.359. The molecule has 0 atom stereocenters. The fourth-order valence-electron chi connectivity index (χ4n) is 1.99. The molecule has 4 nitrogen and oxygen atoms in total. The molecule has 0 aliphatic heterocycles. The van der Waals surface area contributed by atoms with Gasteiger partial charge in [0, 0.05) is 15.8 Å². The van der Waals surface area contributed by atoms with Crippen molar-refractivity contribution in [1.82, 2.24) is 4.57 Å². The molecule has 0 spiro atoms. The van der Waals surface area contributed by atoms with E-state index in [1.54, 1.807) is 10.6 Å². The van der Waals surface area contributed by atoms with Gasteiger partial charge >= 0.3 is 5.76 Å². The number of aliphatic hydroxyl groups is 1. The number of para-hydroxylation sites is 2. The molecule has 0 fully saturated rings. The second-order valence-corrected chi connectivity index (χ2v) is 5.18. The van der Waals surface area contributed by atoms with E-state index in [2.05, 4.69) is 11.8 Å². The van der Waals surface area contributed by atoms with E-state index in [1.165, 1.54) is 11.3 Å². The smallest absolute Gasteiger partial charge is 0.408 e. The van der Waals surface area contributed by atoms with Crippen molar-refractivity contribution in [3.63, 3.8) is 0 Å². The Bertz CT molecular complexity index is 860.